The minimum absolute atomic E-state index is 0.119. The number of nitrogens with zero attached hydrogens (tertiary/aromatic N) is 3. The highest BCUT2D eigenvalue weighted by Gasteiger charge is 2.34. The Morgan fingerprint density at radius 1 is 1.03 bits per heavy atom. The molecule has 1 aliphatic rings. The molecule has 0 saturated carbocycles. The van der Waals surface area contributed by atoms with Crippen LogP contribution in [0.3, 0.4) is 0 Å². The smallest absolute Gasteiger partial charge is 0.267 e. The summed E-state index contributed by atoms with van der Waals surface area (Å²) in [4.78, 5) is 15.2. The summed E-state index contributed by atoms with van der Waals surface area (Å²) in [5, 5.41) is 9.01. The van der Waals surface area contributed by atoms with Crippen LogP contribution in [0, 0.1) is 0 Å². The van der Waals surface area contributed by atoms with E-state index in [4.69, 9.17) is 4.42 Å². The maximum atomic E-state index is 13.0. The van der Waals surface area contributed by atoms with Gasteiger partial charge in [-0.15, -0.1) is 5.10 Å². The lowest BCUT2D eigenvalue weighted by Gasteiger charge is -2.12. The van der Waals surface area contributed by atoms with Crippen molar-refractivity contribution in [3.05, 3.63) is 99.3 Å². The highest BCUT2D eigenvalue weighted by Crippen LogP contribution is 2.33. The number of carbonyl (C=O) groups excluding carboxylic acids is 1. The van der Waals surface area contributed by atoms with Crippen LogP contribution in [0.2, 0.25) is 0 Å². The van der Waals surface area contributed by atoms with Crippen LogP contribution < -0.4 is 0 Å². The molecule has 3 aromatic rings. The van der Waals surface area contributed by atoms with Gasteiger partial charge in [-0.1, -0.05) is 58.4 Å². The lowest BCUT2D eigenvalue weighted by molar-refractivity contribution is -0.122. The Morgan fingerprint density at radius 3 is 2.62 bits per heavy atom. The fourth-order valence-corrected chi connectivity index (χ4v) is 4.06. The molecule has 144 valence electrons. The Morgan fingerprint density at radius 2 is 1.86 bits per heavy atom. The average Bonchev–Trinajstić information content (AvgIpc) is 3.33. The van der Waals surface area contributed by atoms with Gasteiger partial charge in [0.05, 0.1) is 23.9 Å². The zero-order valence-corrected chi connectivity index (χ0v) is 17.6. The fourth-order valence-electron chi connectivity index (χ4n) is 2.71. The molecule has 0 aliphatic carbocycles. The molecule has 2 heterocycles. The number of furan rings is 1. The number of benzene rings is 2. The number of thioether (sulfide) groups is 1. The van der Waals surface area contributed by atoms with E-state index in [1.165, 1.54) is 11.8 Å². The van der Waals surface area contributed by atoms with Crippen LogP contribution in [0.4, 0.5) is 0 Å². The summed E-state index contributed by atoms with van der Waals surface area (Å²) in [7, 11) is 0. The van der Waals surface area contributed by atoms with E-state index in [0.29, 0.717) is 22.4 Å². The van der Waals surface area contributed by atoms with Gasteiger partial charge in [-0.3, -0.25) is 9.69 Å². The second-order valence-electron chi connectivity index (χ2n) is 6.17. The van der Waals surface area contributed by atoms with E-state index in [1.807, 2.05) is 66.7 Å². The Hall–Kier alpha value is -2.90. The summed E-state index contributed by atoms with van der Waals surface area (Å²) < 4.78 is 6.38. The van der Waals surface area contributed by atoms with Gasteiger partial charge in [0.25, 0.3) is 5.91 Å². The predicted octanol–water partition coefficient (Wildman–Crippen LogP) is 5.55. The molecule has 1 saturated heterocycles. The Labute approximate surface area is 181 Å². The second kappa shape index (κ2) is 9.07. The van der Waals surface area contributed by atoms with Crippen LogP contribution in [0.25, 0.3) is 6.08 Å². The molecule has 0 unspecified atom stereocenters. The number of amides is 1. The molecular formula is C22H16BrN3O2S. The number of amidine groups is 1. The van der Waals surface area contributed by atoms with Gasteiger partial charge >= 0.3 is 0 Å². The molecule has 29 heavy (non-hydrogen) atoms. The Kier molecular flexibility index (Phi) is 6.07. The lowest BCUT2D eigenvalue weighted by atomic mass is 10.2. The third kappa shape index (κ3) is 4.93. The molecule has 1 fully saturated rings. The molecule has 5 nitrogen and oxygen atoms in total. The van der Waals surface area contributed by atoms with Crippen molar-refractivity contribution in [1.29, 1.82) is 0 Å². The van der Waals surface area contributed by atoms with E-state index in [-0.39, 0.29) is 5.91 Å². The van der Waals surface area contributed by atoms with Crippen molar-refractivity contribution >= 4 is 51.1 Å². The maximum Gasteiger partial charge on any atom is 0.267 e. The summed E-state index contributed by atoms with van der Waals surface area (Å²) in [6.07, 6.45) is 5.11. The van der Waals surface area contributed by atoms with Crippen LogP contribution in [0.5, 0.6) is 0 Å². The van der Waals surface area contributed by atoms with Crippen molar-refractivity contribution in [3.63, 3.8) is 0 Å². The van der Waals surface area contributed by atoms with Gasteiger partial charge in [-0.05, 0) is 53.2 Å². The van der Waals surface area contributed by atoms with Crippen molar-refractivity contribution in [2.24, 2.45) is 10.2 Å². The number of hydrogen-bond acceptors (Lipinski definition) is 5. The van der Waals surface area contributed by atoms with Gasteiger partial charge in [0, 0.05) is 4.47 Å². The van der Waals surface area contributed by atoms with Crippen LogP contribution in [-0.4, -0.2) is 22.2 Å². The highest BCUT2D eigenvalue weighted by molar-refractivity contribution is 9.10. The quantitative estimate of drug-likeness (QED) is 0.282. The molecule has 1 amide bonds. The zero-order valence-electron chi connectivity index (χ0n) is 15.2. The first-order valence-corrected chi connectivity index (χ1v) is 10.5. The summed E-state index contributed by atoms with van der Waals surface area (Å²) in [6, 6.07) is 21.1. The first-order chi connectivity index (χ1) is 14.2. The number of halogens is 1. The summed E-state index contributed by atoms with van der Waals surface area (Å²) in [5.41, 5.74) is 1.87. The summed E-state index contributed by atoms with van der Waals surface area (Å²) >= 11 is 4.74. The maximum absolute atomic E-state index is 13.0. The second-order valence-corrected chi connectivity index (χ2v) is 8.10. The first kappa shape index (κ1) is 19.4. The molecule has 7 heteroatoms. The summed E-state index contributed by atoms with van der Waals surface area (Å²) in [6.45, 7) is 0.302. The predicted molar refractivity (Wildman–Crippen MR) is 120 cm³/mol. The normalized spacial score (nSPS) is 17.1. The zero-order chi connectivity index (χ0) is 20.1. The lowest BCUT2D eigenvalue weighted by Crippen LogP contribution is -2.28. The average molecular weight is 466 g/mol. The standard InChI is InChI=1S/C22H16BrN3O2S/c23-18-9-4-8-17(12-18)14-24-25-22-26(15-19-10-5-11-28-19)21(27)20(29-22)13-16-6-2-1-3-7-16/h1-14H,15H2/b20-13-,24-14-,25-22+. The Balaban J connectivity index is 1.61. The third-order valence-corrected chi connectivity index (χ3v) is 5.57. The van der Waals surface area contributed by atoms with Crippen molar-refractivity contribution in [2.45, 2.75) is 6.54 Å². The molecule has 0 atom stereocenters. The van der Waals surface area contributed by atoms with Gasteiger partial charge < -0.3 is 4.42 Å². The molecule has 0 bridgehead atoms. The number of carbonyl (C=O) groups is 1. The van der Waals surface area contributed by atoms with Gasteiger partial charge in [-0.2, -0.15) is 5.10 Å². The molecular weight excluding hydrogens is 450 g/mol. The first-order valence-electron chi connectivity index (χ1n) is 8.84. The van der Waals surface area contributed by atoms with E-state index in [1.54, 1.807) is 23.4 Å². The van der Waals surface area contributed by atoms with Crippen molar-refractivity contribution in [3.8, 4) is 0 Å². The topological polar surface area (TPSA) is 58.2 Å². The monoisotopic (exact) mass is 465 g/mol. The van der Waals surface area contributed by atoms with E-state index < -0.39 is 0 Å². The molecule has 2 aromatic carbocycles. The third-order valence-electron chi connectivity index (χ3n) is 4.08. The minimum atomic E-state index is -0.119. The minimum Gasteiger partial charge on any atom is -0.467 e. The molecule has 0 N–H and O–H groups in total. The van der Waals surface area contributed by atoms with Gasteiger partial charge in [-0.25, -0.2) is 0 Å². The fraction of sp³-hybridized carbons (Fsp3) is 0.0455. The molecule has 4 rings (SSSR count). The SMILES string of the molecule is O=C1/C(=C/c2ccccc2)S/C(=N/N=C\c2cccc(Br)c2)N1Cc1ccco1. The van der Waals surface area contributed by atoms with Gasteiger partial charge in [0.2, 0.25) is 0 Å². The van der Waals surface area contributed by atoms with E-state index >= 15 is 0 Å². The van der Waals surface area contributed by atoms with Crippen LogP contribution in [0.1, 0.15) is 16.9 Å². The van der Waals surface area contributed by atoms with E-state index in [9.17, 15) is 4.79 Å². The van der Waals surface area contributed by atoms with E-state index in [0.717, 1.165) is 15.6 Å². The Bertz CT molecular complexity index is 1090. The van der Waals surface area contributed by atoms with E-state index in [2.05, 4.69) is 26.1 Å². The molecule has 1 aliphatic heterocycles. The largest absolute Gasteiger partial charge is 0.467 e. The molecule has 1 aromatic heterocycles. The van der Waals surface area contributed by atoms with Crippen LogP contribution in [0.15, 0.2) is 97.0 Å². The van der Waals surface area contributed by atoms with Crippen LogP contribution >= 0.6 is 27.7 Å². The number of rotatable bonds is 5. The van der Waals surface area contributed by atoms with Crippen molar-refractivity contribution in [1.82, 2.24) is 4.90 Å². The van der Waals surface area contributed by atoms with Gasteiger partial charge in [0.1, 0.15) is 5.76 Å². The summed E-state index contributed by atoms with van der Waals surface area (Å²) in [5.74, 6) is 0.565. The van der Waals surface area contributed by atoms with Crippen LogP contribution in [-0.2, 0) is 11.3 Å². The molecule has 0 radical (unpaired) electrons. The number of hydrogen-bond donors (Lipinski definition) is 0. The van der Waals surface area contributed by atoms with Gasteiger partial charge in [0.15, 0.2) is 5.17 Å². The van der Waals surface area contributed by atoms with Crippen molar-refractivity contribution < 1.29 is 9.21 Å². The molecule has 0 spiro atoms. The highest BCUT2D eigenvalue weighted by atomic mass is 79.9. The van der Waals surface area contributed by atoms with Crippen molar-refractivity contribution in [2.75, 3.05) is 0 Å².